The molecule has 0 aliphatic rings. The third-order valence-corrected chi connectivity index (χ3v) is 3.82. The Labute approximate surface area is 120 Å². The first-order valence-electron chi connectivity index (χ1n) is 7.31. The zero-order valence-electron chi connectivity index (χ0n) is 12.1. The summed E-state index contributed by atoms with van der Waals surface area (Å²) >= 11 is 0. The number of nitrogens with zero attached hydrogens (tertiary/aromatic N) is 2. The summed E-state index contributed by atoms with van der Waals surface area (Å²) in [6, 6.07) is 13.2. The number of pyridine rings is 1. The van der Waals surface area contributed by atoms with Crippen LogP contribution in [0.4, 0.5) is 0 Å². The van der Waals surface area contributed by atoms with Gasteiger partial charge in [-0.15, -0.1) is 0 Å². The SMILES string of the molecule is CCCCc1ccc(-c2ccc3cnc(C)n3c2)cc1. The van der Waals surface area contributed by atoms with Crippen LogP contribution in [0.25, 0.3) is 16.6 Å². The van der Waals surface area contributed by atoms with Crippen molar-refractivity contribution < 1.29 is 0 Å². The van der Waals surface area contributed by atoms with Crippen LogP contribution in [0.2, 0.25) is 0 Å². The summed E-state index contributed by atoms with van der Waals surface area (Å²) in [6.07, 6.45) is 7.76. The molecule has 3 rings (SSSR count). The molecule has 0 amide bonds. The van der Waals surface area contributed by atoms with Crippen molar-refractivity contribution in [3.63, 3.8) is 0 Å². The molecule has 0 unspecified atom stereocenters. The van der Waals surface area contributed by atoms with Crippen LogP contribution in [-0.4, -0.2) is 9.38 Å². The molecule has 0 saturated heterocycles. The van der Waals surface area contributed by atoms with Crippen LogP contribution in [0.15, 0.2) is 48.8 Å². The van der Waals surface area contributed by atoms with E-state index in [1.807, 2.05) is 13.1 Å². The van der Waals surface area contributed by atoms with Gasteiger partial charge in [0.2, 0.25) is 0 Å². The molecule has 0 fully saturated rings. The van der Waals surface area contributed by atoms with E-state index in [0.29, 0.717) is 0 Å². The predicted molar refractivity (Wildman–Crippen MR) is 84.0 cm³/mol. The summed E-state index contributed by atoms with van der Waals surface area (Å²) in [7, 11) is 0. The van der Waals surface area contributed by atoms with E-state index in [2.05, 4.69) is 58.9 Å². The van der Waals surface area contributed by atoms with E-state index in [-0.39, 0.29) is 0 Å². The van der Waals surface area contributed by atoms with E-state index in [1.165, 1.54) is 36.0 Å². The number of rotatable bonds is 4. The molecule has 0 aliphatic carbocycles. The van der Waals surface area contributed by atoms with Crippen molar-refractivity contribution in [1.29, 1.82) is 0 Å². The Morgan fingerprint density at radius 3 is 2.50 bits per heavy atom. The Morgan fingerprint density at radius 2 is 1.75 bits per heavy atom. The third kappa shape index (κ3) is 2.46. The monoisotopic (exact) mass is 264 g/mol. The molecule has 0 atom stereocenters. The Kier molecular flexibility index (Phi) is 3.55. The first-order chi connectivity index (χ1) is 9.78. The van der Waals surface area contributed by atoms with Gasteiger partial charge in [-0.2, -0.15) is 0 Å². The van der Waals surface area contributed by atoms with Gasteiger partial charge in [0.25, 0.3) is 0 Å². The second-order valence-corrected chi connectivity index (χ2v) is 5.32. The fraction of sp³-hybridized carbons (Fsp3) is 0.278. The fourth-order valence-electron chi connectivity index (χ4n) is 2.53. The molecule has 2 aromatic heterocycles. The predicted octanol–water partition coefficient (Wildman–Crippen LogP) is 4.65. The molecule has 0 aliphatic heterocycles. The zero-order chi connectivity index (χ0) is 13.9. The molecule has 0 saturated carbocycles. The number of benzene rings is 1. The highest BCUT2D eigenvalue weighted by Gasteiger charge is 2.02. The minimum absolute atomic E-state index is 1.03. The molecule has 102 valence electrons. The lowest BCUT2D eigenvalue weighted by Crippen LogP contribution is -1.90. The van der Waals surface area contributed by atoms with Crippen molar-refractivity contribution in [2.24, 2.45) is 0 Å². The summed E-state index contributed by atoms with van der Waals surface area (Å²) in [5.41, 5.74) is 5.07. The summed E-state index contributed by atoms with van der Waals surface area (Å²) in [5, 5.41) is 0. The fourth-order valence-corrected chi connectivity index (χ4v) is 2.53. The smallest absolute Gasteiger partial charge is 0.110 e. The summed E-state index contributed by atoms with van der Waals surface area (Å²) in [6.45, 7) is 4.27. The maximum Gasteiger partial charge on any atom is 0.110 e. The lowest BCUT2D eigenvalue weighted by molar-refractivity contribution is 0.795. The molecule has 1 aromatic carbocycles. The normalized spacial score (nSPS) is 11.1. The minimum Gasteiger partial charge on any atom is -0.303 e. The maximum atomic E-state index is 4.34. The Balaban J connectivity index is 1.91. The second kappa shape index (κ2) is 5.49. The molecule has 0 bridgehead atoms. The molecule has 2 nitrogen and oxygen atoms in total. The van der Waals surface area contributed by atoms with Gasteiger partial charge >= 0.3 is 0 Å². The average Bonchev–Trinajstić information content (AvgIpc) is 2.87. The number of imidazole rings is 1. The van der Waals surface area contributed by atoms with Gasteiger partial charge in [-0.05, 0) is 42.5 Å². The van der Waals surface area contributed by atoms with Gasteiger partial charge in [0, 0.05) is 6.20 Å². The van der Waals surface area contributed by atoms with E-state index in [1.54, 1.807) is 0 Å². The van der Waals surface area contributed by atoms with E-state index in [4.69, 9.17) is 0 Å². The minimum atomic E-state index is 1.03. The number of fused-ring (bicyclic) bond motifs is 1. The van der Waals surface area contributed by atoms with Gasteiger partial charge in [0.05, 0.1) is 11.7 Å². The van der Waals surface area contributed by atoms with Gasteiger partial charge in [-0.25, -0.2) is 4.98 Å². The summed E-state index contributed by atoms with van der Waals surface area (Å²) in [5.74, 6) is 1.03. The van der Waals surface area contributed by atoms with Crippen LogP contribution in [0.1, 0.15) is 31.2 Å². The summed E-state index contributed by atoms with van der Waals surface area (Å²) in [4.78, 5) is 4.34. The van der Waals surface area contributed by atoms with E-state index in [0.717, 1.165) is 11.3 Å². The number of aryl methyl sites for hydroxylation is 2. The van der Waals surface area contributed by atoms with Crippen molar-refractivity contribution in [3.05, 3.63) is 60.2 Å². The van der Waals surface area contributed by atoms with Gasteiger partial charge in [0.15, 0.2) is 0 Å². The van der Waals surface area contributed by atoms with E-state index in [9.17, 15) is 0 Å². The lowest BCUT2D eigenvalue weighted by Gasteiger charge is -2.06. The number of unbranched alkanes of at least 4 members (excludes halogenated alkanes) is 1. The maximum absolute atomic E-state index is 4.34. The first-order valence-corrected chi connectivity index (χ1v) is 7.31. The Bertz CT molecular complexity index is 708. The van der Waals surface area contributed by atoms with E-state index < -0.39 is 0 Å². The topological polar surface area (TPSA) is 17.3 Å². The number of aromatic nitrogens is 2. The highest BCUT2D eigenvalue weighted by Crippen LogP contribution is 2.22. The van der Waals surface area contributed by atoms with Crippen LogP contribution in [0.3, 0.4) is 0 Å². The molecule has 0 N–H and O–H groups in total. The highest BCUT2D eigenvalue weighted by atomic mass is 15.0. The highest BCUT2D eigenvalue weighted by molar-refractivity contribution is 5.65. The summed E-state index contributed by atoms with van der Waals surface area (Å²) < 4.78 is 2.14. The van der Waals surface area contributed by atoms with Crippen LogP contribution >= 0.6 is 0 Å². The van der Waals surface area contributed by atoms with Crippen LogP contribution in [0.5, 0.6) is 0 Å². The van der Waals surface area contributed by atoms with Crippen LogP contribution in [0, 0.1) is 6.92 Å². The molecule has 20 heavy (non-hydrogen) atoms. The zero-order valence-corrected chi connectivity index (χ0v) is 12.1. The Morgan fingerprint density at radius 1 is 1.00 bits per heavy atom. The van der Waals surface area contributed by atoms with Crippen molar-refractivity contribution in [2.45, 2.75) is 33.1 Å². The Hall–Kier alpha value is -2.09. The molecule has 0 spiro atoms. The average molecular weight is 264 g/mol. The van der Waals surface area contributed by atoms with Crippen molar-refractivity contribution in [1.82, 2.24) is 9.38 Å². The number of hydrogen-bond acceptors (Lipinski definition) is 1. The van der Waals surface area contributed by atoms with Gasteiger partial charge in [-0.3, -0.25) is 0 Å². The van der Waals surface area contributed by atoms with Gasteiger partial charge in [-0.1, -0.05) is 43.7 Å². The number of hydrogen-bond donors (Lipinski definition) is 0. The second-order valence-electron chi connectivity index (χ2n) is 5.32. The van der Waals surface area contributed by atoms with Gasteiger partial charge in [0.1, 0.15) is 5.82 Å². The van der Waals surface area contributed by atoms with Crippen molar-refractivity contribution >= 4 is 5.52 Å². The molecule has 2 heteroatoms. The van der Waals surface area contributed by atoms with Crippen molar-refractivity contribution in [3.8, 4) is 11.1 Å². The quantitative estimate of drug-likeness (QED) is 0.670. The molecular formula is C18H20N2. The lowest BCUT2D eigenvalue weighted by atomic mass is 10.0. The van der Waals surface area contributed by atoms with Crippen molar-refractivity contribution in [2.75, 3.05) is 0 Å². The standard InChI is InChI=1S/C18H20N2/c1-3-4-5-15-6-8-16(9-7-15)17-10-11-18-12-19-14(2)20(18)13-17/h6-13H,3-5H2,1-2H3. The third-order valence-electron chi connectivity index (χ3n) is 3.82. The molecule has 3 aromatic rings. The molecule has 2 heterocycles. The first kappa shape index (κ1) is 12.9. The largest absolute Gasteiger partial charge is 0.303 e. The van der Waals surface area contributed by atoms with Gasteiger partial charge < -0.3 is 4.40 Å². The van der Waals surface area contributed by atoms with E-state index >= 15 is 0 Å². The van der Waals surface area contributed by atoms with Crippen LogP contribution in [-0.2, 0) is 6.42 Å². The molecular weight excluding hydrogens is 244 g/mol. The molecule has 0 radical (unpaired) electrons. The van der Waals surface area contributed by atoms with Crippen LogP contribution < -0.4 is 0 Å².